The van der Waals surface area contributed by atoms with Gasteiger partial charge in [-0.1, -0.05) is 178 Å². The van der Waals surface area contributed by atoms with Crippen LogP contribution in [0.1, 0.15) is 49.6 Å². The summed E-state index contributed by atoms with van der Waals surface area (Å²) in [6.07, 6.45) is 2.64. The van der Waals surface area contributed by atoms with Crippen LogP contribution >= 0.6 is 0 Å². The lowest BCUT2D eigenvalue weighted by molar-refractivity contribution is -0.571. The zero-order chi connectivity index (χ0) is 58.0. The van der Waals surface area contributed by atoms with Crippen LogP contribution in [-0.2, 0) is 6.37 Å². The summed E-state index contributed by atoms with van der Waals surface area (Å²) < 4.78 is 161. The summed E-state index contributed by atoms with van der Waals surface area (Å²) in [6, 6.07) is 25.4. The minimum absolute atomic E-state index is 0.0614. The van der Waals surface area contributed by atoms with Crippen molar-refractivity contribution in [1.82, 2.24) is 14.1 Å². The van der Waals surface area contributed by atoms with Crippen LogP contribution in [0.15, 0.2) is 212 Å². The minimum Gasteiger partial charge on any atom is -0.458 e. The van der Waals surface area contributed by atoms with E-state index in [-0.39, 0.29) is 44.6 Å². The van der Waals surface area contributed by atoms with Gasteiger partial charge in [0, 0.05) is 31.3 Å². The molecule has 8 aromatic carbocycles. The number of hydrogen-bond acceptors (Lipinski definition) is 2. The standard InChI is InChI=1S/C59H46N4O/c1-59(2,3)38-44-35-57(60-39-52(44)43-23-11-6-12-24-43)63-53-30-14-13-27-50(53)51-34-33-47(37-56(51)63)64-46-26-17-25-45(36-46)61-40-62(55-32-16-15-31-54(55)61)58-48(41-19-7-4-8-20-41)28-18-29-49(58)42-21-9-5-10-22-42/h4-37,39H,38H2,1-3H3/i4D,5D,6D,7D,8D,9D,10D,11D,12D,19D,20D,21D,22D,23D,24D,38D2. The predicted molar refractivity (Wildman–Crippen MR) is 262 cm³/mol. The molecular weight excluding hydrogens is 781 g/mol. The van der Waals surface area contributed by atoms with Gasteiger partial charge in [-0.3, -0.25) is 13.7 Å². The van der Waals surface area contributed by atoms with E-state index in [2.05, 4.69) is 6.33 Å². The molecule has 64 heavy (non-hydrogen) atoms. The van der Waals surface area contributed by atoms with Crippen LogP contribution in [0.2, 0.25) is 0 Å². The number of nitrogens with zero attached hydrogens (tertiary/aromatic N) is 4. The highest BCUT2D eigenvalue weighted by molar-refractivity contribution is 6.09. The number of para-hydroxylation sites is 4. The fraction of sp³-hybridized carbons (Fsp3) is 0.0847. The Kier molecular flexibility index (Phi) is 6.15. The Morgan fingerprint density at radius 3 is 1.88 bits per heavy atom. The molecule has 3 aromatic heterocycles. The Morgan fingerprint density at radius 2 is 1.19 bits per heavy atom. The number of rotatable bonds is 9. The lowest BCUT2D eigenvalue weighted by Crippen LogP contribution is -2.31. The molecule has 308 valence electrons. The molecular formula is C59H46N4O. The maximum absolute atomic E-state index is 9.52. The van der Waals surface area contributed by atoms with Crippen LogP contribution in [0.3, 0.4) is 0 Å². The Hall–Kier alpha value is -8.02. The lowest BCUT2D eigenvalue weighted by Gasteiger charge is -2.21. The quantitative estimate of drug-likeness (QED) is 0.107. The van der Waals surface area contributed by atoms with E-state index >= 15 is 0 Å². The second-order valence-electron chi connectivity index (χ2n) is 16.1. The van der Waals surface area contributed by atoms with Crippen LogP contribution in [0.5, 0.6) is 11.5 Å². The maximum Gasteiger partial charge on any atom is 0.269 e. The third kappa shape index (κ3) is 7.21. The molecule has 11 rings (SSSR count). The molecule has 0 aliphatic rings. The Labute approximate surface area is 397 Å². The number of hydrogen-bond donors (Lipinski definition) is 0. The molecule has 0 aliphatic carbocycles. The zero-order valence-electron chi connectivity index (χ0n) is 51.7. The topological polar surface area (TPSA) is 35.9 Å². The largest absolute Gasteiger partial charge is 0.458 e. The van der Waals surface area contributed by atoms with E-state index in [9.17, 15) is 2.74 Å². The van der Waals surface area contributed by atoms with Gasteiger partial charge >= 0.3 is 0 Å². The van der Waals surface area contributed by atoms with Crippen molar-refractivity contribution in [3.05, 3.63) is 224 Å². The highest BCUT2D eigenvalue weighted by Gasteiger charge is 2.22. The average Bonchev–Trinajstić information content (AvgIpc) is 4.12. The number of ether oxygens (including phenoxy) is 1. The first-order chi connectivity index (χ1) is 38.3. The smallest absolute Gasteiger partial charge is 0.269 e. The van der Waals surface area contributed by atoms with Gasteiger partial charge in [0.2, 0.25) is 0 Å². The van der Waals surface area contributed by atoms with Crippen molar-refractivity contribution in [2.45, 2.75) is 27.1 Å². The first kappa shape index (κ1) is 24.6. The molecule has 0 fully saturated rings. The van der Waals surface area contributed by atoms with Crippen LogP contribution < -0.4 is 9.30 Å². The van der Waals surface area contributed by atoms with Crippen molar-refractivity contribution in [3.8, 4) is 62.1 Å². The predicted octanol–water partition coefficient (Wildman–Crippen LogP) is 14.6. The van der Waals surface area contributed by atoms with Crippen molar-refractivity contribution < 1.29 is 32.6 Å². The zero-order valence-corrected chi connectivity index (χ0v) is 34.7. The molecule has 0 atom stereocenters. The molecule has 3 heterocycles. The van der Waals surface area contributed by atoms with E-state index in [4.69, 9.17) is 30.3 Å². The number of fused-ring (bicyclic) bond motifs is 4. The highest BCUT2D eigenvalue weighted by atomic mass is 16.5. The summed E-state index contributed by atoms with van der Waals surface area (Å²) in [5.74, 6) is 1.08. The van der Waals surface area contributed by atoms with E-state index in [0.29, 0.717) is 39.6 Å². The Balaban J connectivity index is 1.07. The molecule has 0 spiro atoms. The summed E-state index contributed by atoms with van der Waals surface area (Å²) >= 11 is 0. The molecule has 0 bridgehead atoms. The second kappa shape index (κ2) is 16.0. The summed E-state index contributed by atoms with van der Waals surface area (Å²) in [6.45, 7) is 5.18. The molecule has 0 saturated heterocycles. The lowest BCUT2D eigenvalue weighted by atomic mass is 9.85. The Bertz CT molecular complexity index is 4310. The molecule has 0 N–H and O–H groups in total. The number of aromatic nitrogens is 4. The van der Waals surface area contributed by atoms with Crippen molar-refractivity contribution in [2.24, 2.45) is 5.41 Å². The van der Waals surface area contributed by atoms with E-state index in [0.717, 1.165) is 16.3 Å². The van der Waals surface area contributed by atoms with Crippen molar-refractivity contribution in [3.63, 3.8) is 0 Å². The number of pyridine rings is 1. The van der Waals surface area contributed by atoms with Gasteiger partial charge in [-0.15, -0.1) is 0 Å². The van der Waals surface area contributed by atoms with Crippen LogP contribution in [0.4, 0.5) is 0 Å². The minimum atomic E-state index is -2.12. The van der Waals surface area contributed by atoms with Crippen LogP contribution in [0.25, 0.3) is 83.4 Å². The molecule has 0 amide bonds. The third-order valence-corrected chi connectivity index (χ3v) is 10.7. The van der Waals surface area contributed by atoms with Crippen molar-refractivity contribution >= 4 is 32.8 Å². The Morgan fingerprint density at radius 1 is 0.594 bits per heavy atom. The number of imidazole rings is 1. The molecule has 5 nitrogen and oxygen atoms in total. The molecule has 0 unspecified atom stereocenters. The summed E-state index contributed by atoms with van der Waals surface area (Å²) in [5, 5.41) is 1.66. The van der Waals surface area contributed by atoms with Gasteiger partial charge in [0.1, 0.15) is 17.3 Å². The van der Waals surface area contributed by atoms with Gasteiger partial charge in [0.15, 0.2) is 0 Å². The monoisotopic (exact) mass is 843 g/mol. The van der Waals surface area contributed by atoms with Gasteiger partial charge in [-0.05, 0) is 87.6 Å². The van der Waals surface area contributed by atoms with Crippen molar-refractivity contribution in [2.75, 3.05) is 0 Å². The average molecular weight is 844 g/mol. The molecule has 11 aromatic rings. The first-order valence-electron chi connectivity index (χ1n) is 29.0. The summed E-state index contributed by atoms with van der Waals surface area (Å²) in [5.41, 5.74) is 1.87. The van der Waals surface area contributed by atoms with Gasteiger partial charge in [-0.25, -0.2) is 4.98 Å². The van der Waals surface area contributed by atoms with E-state index in [1.165, 1.54) is 12.3 Å². The highest BCUT2D eigenvalue weighted by Crippen LogP contribution is 2.38. The normalized spacial score (nSPS) is 15.7. The maximum atomic E-state index is 9.52. The van der Waals surface area contributed by atoms with Gasteiger partial charge in [0.25, 0.3) is 6.33 Å². The summed E-state index contributed by atoms with van der Waals surface area (Å²) in [4.78, 5) is 4.84. The first-order valence-corrected chi connectivity index (χ1v) is 20.5. The van der Waals surface area contributed by atoms with Crippen LogP contribution in [-0.4, -0.2) is 14.1 Å². The second-order valence-corrected chi connectivity index (χ2v) is 16.1. The third-order valence-electron chi connectivity index (χ3n) is 10.7. The SMILES string of the molecule is [2H]c1c([2H])c([2H])c(-c2cnc(-n3c4ccccc4c4ccc(Oc5cccc(-n6[c-][n+](-c7c(-c8c([2H])c([2H])c([2H])c([2H])c8[2H])cccc7-c7c([2H])c([2H])c([2H])c([2H])c7[2H])c7ccccc76)c5)cc43)cc2C([2H])([2H])C(C)(C)C)c([2H])c1[2H]. The fourth-order valence-corrected chi connectivity index (χ4v) is 8.12. The number of benzene rings is 8. The van der Waals surface area contributed by atoms with Crippen molar-refractivity contribution in [1.29, 1.82) is 0 Å². The molecule has 0 aliphatic heterocycles. The van der Waals surface area contributed by atoms with Gasteiger partial charge in [-0.2, -0.15) is 0 Å². The molecule has 5 heteroatoms. The summed E-state index contributed by atoms with van der Waals surface area (Å²) in [7, 11) is 0. The molecule has 0 saturated carbocycles. The van der Waals surface area contributed by atoms with E-state index in [1.54, 1.807) is 78.4 Å². The fourth-order valence-electron chi connectivity index (χ4n) is 8.12. The molecule has 0 radical (unpaired) electrons. The van der Waals surface area contributed by atoms with Crippen LogP contribution in [0, 0.1) is 11.7 Å². The van der Waals surface area contributed by atoms with Gasteiger partial charge in [0.05, 0.1) is 54.0 Å². The van der Waals surface area contributed by atoms with Gasteiger partial charge < -0.3 is 4.74 Å². The van der Waals surface area contributed by atoms with E-state index < -0.39 is 102 Å². The van der Waals surface area contributed by atoms with E-state index in [1.807, 2.05) is 65.2 Å².